The Bertz CT molecular complexity index is 519. The minimum absolute atomic E-state index is 0.322. The molecule has 1 heterocycles. The van der Waals surface area contributed by atoms with Gasteiger partial charge in [-0.15, -0.1) is 0 Å². The van der Waals surface area contributed by atoms with Crippen LogP contribution >= 0.6 is 0 Å². The van der Waals surface area contributed by atoms with Crippen molar-refractivity contribution in [1.82, 2.24) is 10.3 Å². The summed E-state index contributed by atoms with van der Waals surface area (Å²) in [6.07, 6.45) is 7.41. The zero-order valence-electron chi connectivity index (χ0n) is 13.3. The van der Waals surface area contributed by atoms with Crippen LogP contribution in [0.3, 0.4) is 0 Å². The van der Waals surface area contributed by atoms with Crippen LogP contribution in [0.2, 0.25) is 0 Å². The van der Waals surface area contributed by atoms with Crippen molar-refractivity contribution in [3.05, 3.63) is 65.5 Å². The van der Waals surface area contributed by atoms with Crippen LogP contribution in [0, 0.1) is 0 Å². The van der Waals surface area contributed by atoms with Gasteiger partial charge in [0.15, 0.2) is 0 Å². The van der Waals surface area contributed by atoms with Crippen LogP contribution in [-0.2, 0) is 6.42 Å². The Morgan fingerprint density at radius 3 is 2.05 bits per heavy atom. The molecule has 0 aliphatic rings. The van der Waals surface area contributed by atoms with Crippen LogP contribution < -0.4 is 5.32 Å². The Kier molecular flexibility index (Phi) is 5.94. The highest BCUT2D eigenvalue weighted by Crippen LogP contribution is 2.19. The molecule has 0 aliphatic carbocycles. The molecule has 0 saturated carbocycles. The van der Waals surface area contributed by atoms with E-state index in [0.29, 0.717) is 12.1 Å². The molecular formula is C19H26N2. The van der Waals surface area contributed by atoms with Gasteiger partial charge in [0.2, 0.25) is 0 Å². The Morgan fingerprint density at radius 2 is 1.48 bits per heavy atom. The number of hydrogen-bond donors (Lipinski definition) is 1. The van der Waals surface area contributed by atoms with Crippen LogP contribution in [0.1, 0.15) is 62.4 Å². The van der Waals surface area contributed by atoms with Crippen LogP contribution in [0.15, 0.2) is 48.8 Å². The Morgan fingerprint density at radius 1 is 0.905 bits per heavy atom. The molecule has 1 aromatic heterocycles. The van der Waals surface area contributed by atoms with Crippen molar-refractivity contribution in [2.24, 2.45) is 0 Å². The van der Waals surface area contributed by atoms with Crippen LogP contribution in [-0.4, -0.2) is 4.98 Å². The van der Waals surface area contributed by atoms with Crippen molar-refractivity contribution in [2.45, 2.75) is 52.1 Å². The Balaban J connectivity index is 1.95. The van der Waals surface area contributed by atoms with E-state index in [-0.39, 0.29) is 0 Å². The van der Waals surface area contributed by atoms with Gasteiger partial charge in [0.05, 0.1) is 0 Å². The summed E-state index contributed by atoms with van der Waals surface area (Å²) < 4.78 is 0. The lowest BCUT2D eigenvalue weighted by Crippen LogP contribution is -2.22. The highest BCUT2D eigenvalue weighted by Gasteiger charge is 2.10. The Hall–Kier alpha value is -1.67. The summed E-state index contributed by atoms with van der Waals surface area (Å²) in [7, 11) is 0. The third-order valence-electron chi connectivity index (χ3n) is 4.00. The van der Waals surface area contributed by atoms with E-state index in [4.69, 9.17) is 0 Å². The first kappa shape index (κ1) is 15.7. The number of aryl methyl sites for hydroxylation is 1. The maximum atomic E-state index is 4.07. The molecule has 2 aromatic rings. The summed E-state index contributed by atoms with van der Waals surface area (Å²) in [6, 6.07) is 13.8. The molecule has 0 fully saturated rings. The molecule has 2 nitrogen and oxygen atoms in total. The van der Waals surface area contributed by atoms with Gasteiger partial charge in [0.25, 0.3) is 0 Å². The van der Waals surface area contributed by atoms with Crippen molar-refractivity contribution in [1.29, 1.82) is 0 Å². The summed E-state index contributed by atoms with van der Waals surface area (Å²) in [5.74, 6) is 0. The number of unbranched alkanes of at least 4 members (excludes halogenated alkanes) is 1. The average Bonchev–Trinajstić information content (AvgIpc) is 2.54. The Labute approximate surface area is 128 Å². The lowest BCUT2D eigenvalue weighted by atomic mass is 10.0. The normalized spacial score (nSPS) is 13.9. The van der Waals surface area contributed by atoms with E-state index < -0.39 is 0 Å². The van der Waals surface area contributed by atoms with Gasteiger partial charge >= 0.3 is 0 Å². The predicted molar refractivity (Wildman–Crippen MR) is 89.3 cm³/mol. The smallest absolute Gasteiger partial charge is 0.0298 e. The molecule has 0 spiro atoms. The molecule has 0 aliphatic heterocycles. The third-order valence-corrected chi connectivity index (χ3v) is 4.00. The fourth-order valence-corrected chi connectivity index (χ4v) is 2.57. The van der Waals surface area contributed by atoms with Gasteiger partial charge in [-0.2, -0.15) is 0 Å². The molecule has 0 bridgehead atoms. The number of nitrogens with one attached hydrogen (secondary N) is 1. The fraction of sp³-hybridized carbons (Fsp3) is 0.421. The van der Waals surface area contributed by atoms with Crippen molar-refractivity contribution < 1.29 is 0 Å². The van der Waals surface area contributed by atoms with Gasteiger partial charge in [-0.3, -0.25) is 4.98 Å². The van der Waals surface area contributed by atoms with Crippen molar-refractivity contribution >= 4 is 0 Å². The SMILES string of the molecule is CCCCc1ccc(C(C)N[C@@H](C)c2ccncc2)cc1. The fourth-order valence-electron chi connectivity index (χ4n) is 2.57. The lowest BCUT2D eigenvalue weighted by molar-refractivity contribution is 0.494. The van der Waals surface area contributed by atoms with E-state index in [1.165, 1.54) is 36.0 Å². The lowest BCUT2D eigenvalue weighted by Gasteiger charge is -2.21. The summed E-state index contributed by atoms with van der Waals surface area (Å²) in [4.78, 5) is 4.07. The zero-order valence-corrected chi connectivity index (χ0v) is 13.3. The number of hydrogen-bond acceptors (Lipinski definition) is 2. The van der Waals surface area contributed by atoms with Gasteiger partial charge in [-0.25, -0.2) is 0 Å². The quantitative estimate of drug-likeness (QED) is 0.786. The molecule has 0 radical (unpaired) electrons. The minimum Gasteiger partial charge on any atom is -0.304 e. The zero-order chi connectivity index (χ0) is 15.1. The first-order chi connectivity index (χ1) is 10.2. The van der Waals surface area contributed by atoms with Gasteiger partial charge in [-0.05, 0) is 55.5 Å². The van der Waals surface area contributed by atoms with Gasteiger partial charge in [0.1, 0.15) is 0 Å². The second-order valence-corrected chi connectivity index (χ2v) is 5.74. The van der Waals surface area contributed by atoms with Gasteiger partial charge in [-0.1, -0.05) is 37.6 Å². The average molecular weight is 282 g/mol. The van der Waals surface area contributed by atoms with E-state index in [2.05, 4.69) is 67.5 Å². The van der Waals surface area contributed by atoms with Crippen LogP contribution in [0.25, 0.3) is 0 Å². The highest BCUT2D eigenvalue weighted by molar-refractivity contribution is 5.25. The maximum absolute atomic E-state index is 4.07. The monoisotopic (exact) mass is 282 g/mol. The molecule has 1 N–H and O–H groups in total. The highest BCUT2D eigenvalue weighted by atomic mass is 14.9. The molecule has 2 atom stereocenters. The molecule has 0 amide bonds. The molecule has 21 heavy (non-hydrogen) atoms. The summed E-state index contributed by atoms with van der Waals surface area (Å²) in [5, 5.41) is 3.65. The number of rotatable bonds is 7. The van der Waals surface area contributed by atoms with Gasteiger partial charge < -0.3 is 5.32 Å². The molecule has 2 heteroatoms. The predicted octanol–water partition coefficient (Wildman–Crippen LogP) is 4.84. The van der Waals surface area contributed by atoms with Gasteiger partial charge in [0, 0.05) is 24.5 Å². The number of aromatic nitrogens is 1. The largest absolute Gasteiger partial charge is 0.304 e. The molecule has 2 rings (SSSR count). The number of benzene rings is 1. The summed E-state index contributed by atoms with van der Waals surface area (Å²) in [6.45, 7) is 6.65. The summed E-state index contributed by atoms with van der Waals surface area (Å²) >= 11 is 0. The van der Waals surface area contributed by atoms with E-state index in [1.54, 1.807) is 0 Å². The third kappa shape index (κ3) is 4.68. The van der Waals surface area contributed by atoms with E-state index in [9.17, 15) is 0 Å². The standard InChI is InChI=1S/C19H26N2/c1-4-5-6-17-7-9-18(10-8-17)15(2)21-16(3)19-11-13-20-14-12-19/h7-16,21H,4-6H2,1-3H3/t15?,16-/m0/s1. The van der Waals surface area contributed by atoms with Crippen LogP contribution in [0.4, 0.5) is 0 Å². The number of pyridine rings is 1. The second-order valence-electron chi connectivity index (χ2n) is 5.74. The first-order valence-electron chi connectivity index (χ1n) is 7.95. The molecular weight excluding hydrogens is 256 g/mol. The van der Waals surface area contributed by atoms with E-state index in [1.807, 2.05) is 12.4 Å². The first-order valence-corrected chi connectivity index (χ1v) is 7.95. The molecule has 112 valence electrons. The molecule has 1 unspecified atom stereocenters. The molecule has 0 saturated heterocycles. The van der Waals surface area contributed by atoms with Crippen molar-refractivity contribution in [3.63, 3.8) is 0 Å². The van der Waals surface area contributed by atoms with E-state index >= 15 is 0 Å². The molecule has 1 aromatic carbocycles. The summed E-state index contributed by atoms with van der Waals surface area (Å²) in [5.41, 5.74) is 4.06. The van der Waals surface area contributed by atoms with Crippen molar-refractivity contribution in [2.75, 3.05) is 0 Å². The van der Waals surface area contributed by atoms with E-state index in [0.717, 1.165) is 0 Å². The number of nitrogens with zero attached hydrogens (tertiary/aromatic N) is 1. The second kappa shape index (κ2) is 7.94. The maximum Gasteiger partial charge on any atom is 0.0298 e. The topological polar surface area (TPSA) is 24.9 Å². The minimum atomic E-state index is 0.322. The van der Waals surface area contributed by atoms with Crippen molar-refractivity contribution in [3.8, 4) is 0 Å². The van der Waals surface area contributed by atoms with Crippen LogP contribution in [0.5, 0.6) is 0 Å².